The quantitative estimate of drug-likeness (QED) is 0.624. The normalized spacial score (nSPS) is 10.7. The second-order valence-electron chi connectivity index (χ2n) is 4.41. The van der Waals surface area contributed by atoms with E-state index in [9.17, 15) is 0 Å². The fourth-order valence-electron chi connectivity index (χ4n) is 1.80. The predicted molar refractivity (Wildman–Crippen MR) is 85.7 cm³/mol. The third-order valence-corrected chi connectivity index (χ3v) is 3.92. The van der Waals surface area contributed by atoms with E-state index in [2.05, 4.69) is 49.3 Å². The first-order chi connectivity index (χ1) is 9.19. The van der Waals surface area contributed by atoms with Crippen LogP contribution in [-0.2, 0) is 6.54 Å². The van der Waals surface area contributed by atoms with Crippen LogP contribution >= 0.6 is 31.9 Å². The van der Waals surface area contributed by atoms with Gasteiger partial charge in [0.05, 0.1) is 15.6 Å². The van der Waals surface area contributed by atoms with Crippen molar-refractivity contribution < 1.29 is 9.84 Å². The number of halogens is 2. The molecule has 3 nitrogen and oxygen atoms in total. The Balaban J connectivity index is 2.45. The molecule has 0 aliphatic heterocycles. The monoisotopic (exact) mass is 393 g/mol. The van der Waals surface area contributed by atoms with E-state index in [0.29, 0.717) is 6.61 Å². The van der Waals surface area contributed by atoms with Crippen LogP contribution in [0, 0.1) is 0 Å². The molecule has 2 N–H and O–H groups in total. The third-order valence-electron chi connectivity index (χ3n) is 2.74. The van der Waals surface area contributed by atoms with Crippen LogP contribution in [0.3, 0.4) is 0 Å². The first-order valence-corrected chi connectivity index (χ1v) is 8.13. The van der Waals surface area contributed by atoms with Gasteiger partial charge in [-0.2, -0.15) is 0 Å². The molecule has 0 saturated heterocycles. The van der Waals surface area contributed by atoms with Gasteiger partial charge in [0.1, 0.15) is 5.75 Å². The van der Waals surface area contributed by atoms with Gasteiger partial charge in [-0.15, -0.1) is 0 Å². The molecular formula is C14H21Br2NO2. The van der Waals surface area contributed by atoms with Crippen molar-refractivity contribution in [2.24, 2.45) is 0 Å². The zero-order chi connectivity index (χ0) is 14.1. The van der Waals surface area contributed by atoms with E-state index in [4.69, 9.17) is 9.84 Å². The van der Waals surface area contributed by atoms with Gasteiger partial charge in [-0.05, 0) is 75.9 Å². The van der Waals surface area contributed by atoms with E-state index in [0.717, 1.165) is 46.9 Å². The summed E-state index contributed by atoms with van der Waals surface area (Å²) in [5.41, 5.74) is 1.21. The maximum absolute atomic E-state index is 8.69. The molecule has 0 fully saturated rings. The Labute approximate surface area is 132 Å². The van der Waals surface area contributed by atoms with E-state index in [1.807, 2.05) is 7.05 Å². The smallest absolute Gasteiger partial charge is 0.147 e. The lowest BCUT2D eigenvalue weighted by molar-refractivity contribution is 0.272. The van der Waals surface area contributed by atoms with Crippen LogP contribution in [0.1, 0.15) is 31.2 Å². The Kier molecular flexibility index (Phi) is 8.70. The van der Waals surface area contributed by atoms with E-state index >= 15 is 0 Å². The van der Waals surface area contributed by atoms with E-state index in [-0.39, 0.29) is 6.61 Å². The summed E-state index contributed by atoms with van der Waals surface area (Å²) in [6, 6.07) is 4.14. The Bertz CT molecular complexity index is 363. The Morgan fingerprint density at radius 2 is 1.74 bits per heavy atom. The summed E-state index contributed by atoms with van der Waals surface area (Å²) in [5, 5.41) is 11.8. The highest BCUT2D eigenvalue weighted by Crippen LogP contribution is 2.34. The van der Waals surface area contributed by atoms with Crippen LogP contribution in [0.5, 0.6) is 5.75 Å². The molecule has 0 spiro atoms. The number of hydrogen-bond donors (Lipinski definition) is 2. The summed E-state index contributed by atoms with van der Waals surface area (Å²) in [5.74, 6) is 0.863. The lowest BCUT2D eigenvalue weighted by Crippen LogP contribution is -2.06. The summed E-state index contributed by atoms with van der Waals surface area (Å²) in [6.45, 7) is 1.82. The number of ether oxygens (including phenoxy) is 1. The molecule has 0 bridgehead atoms. The van der Waals surface area contributed by atoms with Crippen LogP contribution in [0.25, 0.3) is 0 Å². The lowest BCUT2D eigenvalue weighted by Gasteiger charge is -2.12. The standard InChI is InChI=1S/C14H21Br2NO2/c1-17-10-11-8-12(15)14(13(16)9-11)19-7-5-3-2-4-6-18/h8-9,17-18H,2-7,10H2,1H3. The van der Waals surface area contributed by atoms with Gasteiger partial charge in [-0.25, -0.2) is 0 Å². The number of rotatable bonds is 9. The molecule has 0 amide bonds. The van der Waals surface area contributed by atoms with E-state index in [1.54, 1.807) is 0 Å². The molecule has 1 aromatic carbocycles. The largest absolute Gasteiger partial charge is 0.491 e. The highest BCUT2D eigenvalue weighted by atomic mass is 79.9. The minimum Gasteiger partial charge on any atom is -0.491 e. The van der Waals surface area contributed by atoms with Crippen molar-refractivity contribution in [2.75, 3.05) is 20.3 Å². The van der Waals surface area contributed by atoms with Gasteiger partial charge in [0.25, 0.3) is 0 Å². The molecule has 0 atom stereocenters. The predicted octanol–water partition coefficient (Wildman–Crippen LogP) is 3.86. The molecule has 0 unspecified atom stereocenters. The highest BCUT2D eigenvalue weighted by Gasteiger charge is 2.08. The van der Waals surface area contributed by atoms with Crippen LogP contribution in [0.2, 0.25) is 0 Å². The van der Waals surface area contributed by atoms with Crippen LogP contribution < -0.4 is 10.1 Å². The van der Waals surface area contributed by atoms with Crippen molar-refractivity contribution >= 4 is 31.9 Å². The molecule has 19 heavy (non-hydrogen) atoms. The molecule has 0 saturated carbocycles. The van der Waals surface area contributed by atoms with Crippen molar-refractivity contribution in [3.8, 4) is 5.75 Å². The van der Waals surface area contributed by atoms with Crippen LogP contribution in [-0.4, -0.2) is 25.4 Å². The first kappa shape index (κ1) is 17.0. The van der Waals surface area contributed by atoms with Gasteiger partial charge in [0.15, 0.2) is 0 Å². The van der Waals surface area contributed by atoms with Crippen molar-refractivity contribution in [3.63, 3.8) is 0 Å². The molecule has 1 rings (SSSR count). The highest BCUT2D eigenvalue weighted by molar-refractivity contribution is 9.11. The van der Waals surface area contributed by atoms with Crippen molar-refractivity contribution in [1.82, 2.24) is 5.32 Å². The lowest BCUT2D eigenvalue weighted by atomic mass is 10.2. The zero-order valence-electron chi connectivity index (χ0n) is 11.2. The maximum atomic E-state index is 8.69. The van der Waals surface area contributed by atoms with Crippen LogP contribution in [0.15, 0.2) is 21.1 Å². The molecule has 0 aromatic heterocycles. The topological polar surface area (TPSA) is 41.5 Å². The molecule has 108 valence electrons. The van der Waals surface area contributed by atoms with Crippen molar-refractivity contribution in [2.45, 2.75) is 32.2 Å². The molecule has 1 aromatic rings. The van der Waals surface area contributed by atoms with Crippen LogP contribution in [0.4, 0.5) is 0 Å². The number of benzene rings is 1. The first-order valence-electron chi connectivity index (χ1n) is 6.55. The van der Waals surface area contributed by atoms with Gasteiger partial charge in [0.2, 0.25) is 0 Å². The van der Waals surface area contributed by atoms with Gasteiger partial charge in [0, 0.05) is 13.2 Å². The number of aliphatic hydroxyl groups is 1. The van der Waals surface area contributed by atoms with Gasteiger partial charge >= 0.3 is 0 Å². The fourth-order valence-corrected chi connectivity index (χ4v) is 3.31. The molecule has 0 heterocycles. The second kappa shape index (κ2) is 9.75. The second-order valence-corrected chi connectivity index (χ2v) is 6.11. The van der Waals surface area contributed by atoms with Crippen molar-refractivity contribution in [1.29, 1.82) is 0 Å². The maximum Gasteiger partial charge on any atom is 0.147 e. The molecule has 0 radical (unpaired) electrons. The summed E-state index contributed by atoms with van der Waals surface area (Å²) in [7, 11) is 1.93. The number of aliphatic hydroxyl groups excluding tert-OH is 1. The van der Waals surface area contributed by atoms with E-state index in [1.165, 1.54) is 5.56 Å². The average Bonchev–Trinajstić information content (AvgIpc) is 2.36. The summed E-state index contributed by atoms with van der Waals surface area (Å²) < 4.78 is 7.75. The molecule has 5 heteroatoms. The molecular weight excluding hydrogens is 374 g/mol. The average molecular weight is 395 g/mol. The fraction of sp³-hybridized carbons (Fsp3) is 0.571. The Hall–Kier alpha value is -0.100. The Morgan fingerprint density at radius 3 is 2.32 bits per heavy atom. The summed E-state index contributed by atoms with van der Waals surface area (Å²) >= 11 is 7.09. The minimum absolute atomic E-state index is 0.283. The van der Waals surface area contributed by atoms with Crippen molar-refractivity contribution in [3.05, 3.63) is 26.6 Å². The summed E-state index contributed by atoms with van der Waals surface area (Å²) in [4.78, 5) is 0. The third kappa shape index (κ3) is 6.25. The minimum atomic E-state index is 0.283. The van der Waals surface area contributed by atoms with Gasteiger partial charge in [-0.3, -0.25) is 0 Å². The summed E-state index contributed by atoms with van der Waals surface area (Å²) in [6.07, 6.45) is 4.04. The zero-order valence-corrected chi connectivity index (χ0v) is 14.4. The van der Waals surface area contributed by atoms with Gasteiger partial charge in [-0.1, -0.05) is 6.42 Å². The van der Waals surface area contributed by atoms with Gasteiger partial charge < -0.3 is 15.2 Å². The number of nitrogens with one attached hydrogen (secondary N) is 1. The number of unbranched alkanes of at least 4 members (excludes halogenated alkanes) is 3. The Morgan fingerprint density at radius 1 is 1.11 bits per heavy atom. The molecule has 0 aliphatic rings. The molecule has 0 aliphatic carbocycles. The SMILES string of the molecule is CNCc1cc(Br)c(OCCCCCCO)c(Br)c1. The number of hydrogen-bond acceptors (Lipinski definition) is 3. The van der Waals surface area contributed by atoms with E-state index < -0.39 is 0 Å².